The first-order valence-electron chi connectivity index (χ1n) is 5.31. The van der Waals surface area contributed by atoms with Gasteiger partial charge in [0.1, 0.15) is 11.5 Å². The van der Waals surface area contributed by atoms with Gasteiger partial charge in [-0.3, -0.25) is 4.79 Å². The summed E-state index contributed by atoms with van der Waals surface area (Å²) >= 11 is 5.68. The Morgan fingerprint density at radius 3 is 2.56 bits per heavy atom. The monoisotopic (exact) mass is 242 g/mol. The second-order valence-corrected chi connectivity index (χ2v) is 4.11. The van der Waals surface area contributed by atoms with Crippen molar-refractivity contribution in [2.24, 2.45) is 0 Å². The highest BCUT2D eigenvalue weighted by Gasteiger charge is 2.13. The summed E-state index contributed by atoms with van der Waals surface area (Å²) in [7, 11) is 0. The molecule has 0 saturated heterocycles. The van der Waals surface area contributed by atoms with Crippen LogP contribution in [0, 0.1) is 0 Å². The van der Waals surface area contributed by atoms with Crippen molar-refractivity contribution in [3.8, 4) is 11.5 Å². The molecule has 1 aromatic rings. The number of Topliss-reactive ketones (excluding diaryl/α,β-unsaturated/α-hetero) is 1. The Balaban J connectivity index is 2.79. The fourth-order valence-corrected chi connectivity index (χ4v) is 1.61. The molecule has 1 aromatic carbocycles. The maximum absolute atomic E-state index is 11.7. The average Bonchev–Trinajstić information content (AvgIpc) is 2.23. The molecule has 0 aliphatic rings. The Bertz CT molecular complexity index is 388. The summed E-state index contributed by atoms with van der Waals surface area (Å²) in [6.45, 7) is 2.05. The van der Waals surface area contributed by atoms with E-state index in [-0.39, 0.29) is 27.9 Å². The van der Waals surface area contributed by atoms with Gasteiger partial charge in [-0.25, -0.2) is 0 Å². The molecule has 0 amide bonds. The normalized spacial score (nSPS) is 10.4. The van der Waals surface area contributed by atoms with E-state index in [2.05, 4.69) is 6.92 Å². The van der Waals surface area contributed by atoms with Gasteiger partial charge in [0.15, 0.2) is 5.78 Å². The molecule has 0 radical (unpaired) electrons. The number of carbonyl (C=O) groups is 1. The van der Waals surface area contributed by atoms with Gasteiger partial charge in [-0.05, 0) is 12.5 Å². The molecule has 0 aliphatic carbocycles. The SMILES string of the molecule is CCCCCC(=O)c1cc(Cl)c(O)cc1O. The highest BCUT2D eigenvalue weighted by Crippen LogP contribution is 2.31. The van der Waals surface area contributed by atoms with Crippen molar-refractivity contribution in [2.45, 2.75) is 32.6 Å². The van der Waals surface area contributed by atoms with Crippen molar-refractivity contribution >= 4 is 17.4 Å². The zero-order valence-corrected chi connectivity index (χ0v) is 9.92. The summed E-state index contributed by atoms with van der Waals surface area (Å²) in [6, 6.07) is 2.40. The van der Waals surface area contributed by atoms with Gasteiger partial charge in [-0.15, -0.1) is 0 Å². The first-order valence-corrected chi connectivity index (χ1v) is 5.68. The minimum atomic E-state index is -0.219. The van der Waals surface area contributed by atoms with Crippen molar-refractivity contribution in [3.63, 3.8) is 0 Å². The van der Waals surface area contributed by atoms with Crippen LogP contribution in [0.15, 0.2) is 12.1 Å². The quantitative estimate of drug-likeness (QED) is 0.614. The standard InChI is InChI=1S/C12H15ClO3/c1-2-3-4-5-10(14)8-6-9(13)12(16)7-11(8)15/h6-7,15-16H,2-5H2,1H3. The number of carbonyl (C=O) groups excluding carboxylic acids is 1. The second kappa shape index (κ2) is 5.75. The predicted octanol–water partition coefficient (Wildman–Crippen LogP) is 3.51. The molecule has 88 valence electrons. The van der Waals surface area contributed by atoms with Crippen LogP contribution in [0.5, 0.6) is 11.5 Å². The number of hydrogen-bond donors (Lipinski definition) is 2. The van der Waals surface area contributed by atoms with E-state index in [9.17, 15) is 15.0 Å². The minimum absolute atomic E-state index is 0.0802. The summed E-state index contributed by atoms with van der Waals surface area (Å²) < 4.78 is 0. The topological polar surface area (TPSA) is 57.5 Å². The van der Waals surface area contributed by atoms with E-state index < -0.39 is 0 Å². The molecule has 2 N–H and O–H groups in total. The number of phenolic OH excluding ortho intramolecular Hbond substituents is 2. The summed E-state index contributed by atoms with van der Waals surface area (Å²) in [5, 5.41) is 18.8. The number of phenols is 2. The molecule has 0 atom stereocenters. The lowest BCUT2D eigenvalue weighted by atomic mass is 10.0. The number of hydrogen-bond acceptors (Lipinski definition) is 3. The summed E-state index contributed by atoms with van der Waals surface area (Å²) in [6.07, 6.45) is 3.21. The van der Waals surface area contributed by atoms with Crippen LogP contribution < -0.4 is 0 Å². The average molecular weight is 243 g/mol. The Morgan fingerprint density at radius 2 is 1.94 bits per heavy atom. The maximum Gasteiger partial charge on any atom is 0.166 e. The van der Waals surface area contributed by atoms with Gasteiger partial charge < -0.3 is 10.2 Å². The van der Waals surface area contributed by atoms with Crippen molar-refractivity contribution < 1.29 is 15.0 Å². The first kappa shape index (κ1) is 12.8. The number of aromatic hydroxyl groups is 2. The van der Waals surface area contributed by atoms with Crippen molar-refractivity contribution in [2.75, 3.05) is 0 Å². The molecule has 0 fully saturated rings. The fourth-order valence-electron chi connectivity index (χ4n) is 1.44. The molecule has 0 bridgehead atoms. The highest BCUT2D eigenvalue weighted by atomic mass is 35.5. The van der Waals surface area contributed by atoms with E-state index in [1.807, 2.05) is 0 Å². The van der Waals surface area contributed by atoms with Gasteiger partial charge in [0.05, 0.1) is 10.6 Å². The molecule has 4 heteroatoms. The summed E-state index contributed by atoms with van der Waals surface area (Å²) in [4.78, 5) is 11.7. The van der Waals surface area contributed by atoms with Crippen LogP contribution in [-0.2, 0) is 0 Å². The van der Waals surface area contributed by atoms with Crippen LogP contribution in [0.2, 0.25) is 5.02 Å². The molecule has 16 heavy (non-hydrogen) atoms. The Hall–Kier alpha value is -1.22. The van der Waals surface area contributed by atoms with Gasteiger partial charge in [0.25, 0.3) is 0 Å². The second-order valence-electron chi connectivity index (χ2n) is 3.70. The van der Waals surface area contributed by atoms with Crippen LogP contribution in [0.1, 0.15) is 43.0 Å². The lowest BCUT2D eigenvalue weighted by Gasteiger charge is -2.05. The number of unbranched alkanes of at least 4 members (excludes halogenated alkanes) is 2. The molecular formula is C12H15ClO3. The molecule has 0 saturated carbocycles. The van der Waals surface area contributed by atoms with E-state index in [0.29, 0.717) is 6.42 Å². The van der Waals surface area contributed by atoms with Gasteiger partial charge >= 0.3 is 0 Å². The minimum Gasteiger partial charge on any atom is -0.507 e. The fraction of sp³-hybridized carbons (Fsp3) is 0.417. The molecular weight excluding hydrogens is 228 g/mol. The largest absolute Gasteiger partial charge is 0.507 e. The zero-order valence-electron chi connectivity index (χ0n) is 9.16. The van der Waals surface area contributed by atoms with Crippen LogP contribution in [-0.4, -0.2) is 16.0 Å². The lowest BCUT2D eigenvalue weighted by molar-refractivity contribution is 0.0976. The van der Waals surface area contributed by atoms with Gasteiger partial charge in [-0.2, -0.15) is 0 Å². The number of ketones is 1. The highest BCUT2D eigenvalue weighted by molar-refractivity contribution is 6.32. The number of benzene rings is 1. The predicted molar refractivity (Wildman–Crippen MR) is 63.3 cm³/mol. The Kier molecular flexibility index (Phi) is 4.62. The van der Waals surface area contributed by atoms with Crippen LogP contribution in [0.25, 0.3) is 0 Å². The molecule has 1 rings (SSSR count). The summed E-state index contributed by atoms with van der Waals surface area (Å²) in [5.74, 6) is -0.583. The third-order valence-electron chi connectivity index (χ3n) is 2.37. The van der Waals surface area contributed by atoms with E-state index >= 15 is 0 Å². The van der Waals surface area contributed by atoms with Crippen LogP contribution in [0.3, 0.4) is 0 Å². The van der Waals surface area contributed by atoms with Gasteiger partial charge in [-0.1, -0.05) is 31.4 Å². The lowest BCUT2D eigenvalue weighted by Crippen LogP contribution is -1.99. The third kappa shape index (κ3) is 3.14. The number of halogens is 1. The third-order valence-corrected chi connectivity index (χ3v) is 2.68. The van der Waals surface area contributed by atoms with Crippen molar-refractivity contribution in [1.82, 2.24) is 0 Å². The van der Waals surface area contributed by atoms with E-state index in [4.69, 9.17) is 11.6 Å². The van der Waals surface area contributed by atoms with Crippen molar-refractivity contribution in [1.29, 1.82) is 0 Å². The molecule has 0 aromatic heterocycles. The smallest absolute Gasteiger partial charge is 0.166 e. The summed E-state index contributed by atoms with van der Waals surface area (Å²) in [5.41, 5.74) is 0.180. The van der Waals surface area contributed by atoms with Crippen LogP contribution in [0.4, 0.5) is 0 Å². The first-order chi connectivity index (χ1) is 7.56. The van der Waals surface area contributed by atoms with Gasteiger partial charge in [0, 0.05) is 12.5 Å². The molecule has 0 aliphatic heterocycles. The van der Waals surface area contributed by atoms with E-state index in [1.165, 1.54) is 6.07 Å². The molecule has 0 unspecified atom stereocenters. The zero-order chi connectivity index (χ0) is 12.1. The Labute approximate surface area is 99.7 Å². The molecule has 0 spiro atoms. The van der Waals surface area contributed by atoms with E-state index in [0.717, 1.165) is 25.3 Å². The maximum atomic E-state index is 11.7. The van der Waals surface area contributed by atoms with E-state index in [1.54, 1.807) is 0 Å². The van der Waals surface area contributed by atoms with Gasteiger partial charge in [0.2, 0.25) is 0 Å². The number of rotatable bonds is 5. The molecule has 3 nitrogen and oxygen atoms in total. The van der Waals surface area contributed by atoms with Crippen LogP contribution >= 0.6 is 11.6 Å². The Morgan fingerprint density at radius 1 is 1.25 bits per heavy atom. The van der Waals surface area contributed by atoms with Crippen molar-refractivity contribution in [3.05, 3.63) is 22.7 Å². The molecule has 0 heterocycles.